The Morgan fingerprint density at radius 3 is 2.81 bits per heavy atom. The fourth-order valence-corrected chi connectivity index (χ4v) is 3.62. The second-order valence-corrected chi connectivity index (χ2v) is 6.28. The lowest BCUT2D eigenvalue weighted by Gasteiger charge is -2.26. The van der Waals surface area contributed by atoms with E-state index in [0.29, 0.717) is 23.3 Å². The Kier molecular flexibility index (Phi) is 3.87. The number of carbonyl (C=O) groups excluding carboxylic acids is 1. The minimum atomic E-state index is 0.0904. The zero-order valence-corrected chi connectivity index (χ0v) is 12.8. The number of benzene rings is 1. The first-order chi connectivity index (χ1) is 10.1. The molecule has 0 aliphatic carbocycles. The SMILES string of the molecule is Cc1ccc(NN)c(C(=O)N2CCC3CCC(C2)N3C)c1. The minimum absolute atomic E-state index is 0.0904. The first-order valence-electron chi connectivity index (χ1n) is 7.68. The number of amides is 1. The minimum Gasteiger partial charge on any atom is -0.337 e. The number of anilines is 1. The highest BCUT2D eigenvalue weighted by molar-refractivity contribution is 5.99. The van der Waals surface area contributed by atoms with Gasteiger partial charge in [-0.25, -0.2) is 0 Å². The molecule has 3 rings (SSSR count). The van der Waals surface area contributed by atoms with Crippen molar-refractivity contribution < 1.29 is 4.79 Å². The maximum absolute atomic E-state index is 12.9. The van der Waals surface area contributed by atoms with Crippen molar-refractivity contribution in [3.05, 3.63) is 29.3 Å². The molecule has 2 unspecified atom stereocenters. The van der Waals surface area contributed by atoms with E-state index in [-0.39, 0.29) is 5.91 Å². The number of fused-ring (bicyclic) bond motifs is 2. The summed E-state index contributed by atoms with van der Waals surface area (Å²) >= 11 is 0. The number of carbonyl (C=O) groups is 1. The van der Waals surface area contributed by atoms with Crippen LogP contribution in [-0.4, -0.2) is 47.9 Å². The third-order valence-corrected chi connectivity index (χ3v) is 5.00. The van der Waals surface area contributed by atoms with Crippen molar-refractivity contribution >= 4 is 11.6 Å². The van der Waals surface area contributed by atoms with Gasteiger partial charge in [0, 0.05) is 25.2 Å². The van der Waals surface area contributed by atoms with E-state index < -0.39 is 0 Å². The van der Waals surface area contributed by atoms with Crippen LogP contribution in [0, 0.1) is 6.92 Å². The molecule has 5 heteroatoms. The van der Waals surface area contributed by atoms with Crippen molar-refractivity contribution in [3.63, 3.8) is 0 Å². The normalized spacial score (nSPS) is 25.8. The number of rotatable bonds is 2. The zero-order valence-electron chi connectivity index (χ0n) is 12.8. The zero-order chi connectivity index (χ0) is 15.0. The molecule has 2 aliphatic heterocycles. The van der Waals surface area contributed by atoms with Crippen LogP contribution in [0.5, 0.6) is 0 Å². The molecule has 2 aliphatic rings. The van der Waals surface area contributed by atoms with Crippen molar-refractivity contribution in [2.45, 2.75) is 38.3 Å². The van der Waals surface area contributed by atoms with Crippen LogP contribution in [0.4, 0.5) is 5.69 Å². The Bertz CT molecular complexity index is 545. The third-order valence-electron chi connectivity index (χ3n) is 5.00. The van der Waals surface area contributed by atoms with Gasteiger partial charge >= 0.3 is 0 Å². The predicted octanol–water partition coefficient (Wildman–Crippen LogP) is 1.59. The second-order valence-electron chi connectivity index (χ2n) is 6.28. The molecule has 2 bridgehead atoms. The molecule has 2 heterocycles. The molecule has 21 heavy (non-hydrogen) atoms. The summed E-state index contributed by atoms with van der Waals surface area (Å²) in [7, 11) is 2.19. The van der Waals surface area contributed by atoms with Crippen LogP contribution in [0.1, 0.15) is 35.2 Å². The maximum atomic E-state index is 12.9. The molecule has 0 saturated carbocycles. The van der Waals surface area contributed by atoms with Gasteiger partial charge in [0.2, 0.25) is 0 Å². The second kappa shape index (κ2) is 5.66. The summed E-state index contributed by atoms with van der Waals surface area (Å²) in [6, 6.07) is 6.89. The van der Waals surface area contributed by atoms with Gasteiger partial charge < -0.3 is 10.3 Å². The molecule has 0 spiro atoms. The largest absolute Gasteiger partial charge is 0.337 e. The van der Waals surface area contributed by atoms with Crippen LogP contribution in [0.3, 0.4) is 0 Å². The summed E-state index contributed by atoms with van der Waals surface area (Å²) in [6.45, 7) is 3.65. The number of nitrogens with two attached hydrogens (primary N) is 1. The number of hydrogen-bond acceptors (Lipinski definition) is 4. The highest BCUT2D eigenvalue weighted by atomic mass is 16.2. The number of aryl methyl sites for hydroxylation is 1. The molecule has 0 radical (unpaired) electrons. The summed E-state index contributed by atoms with van der Waals surface area (Å²) < 4.78 is 0. The van der Waals surface area contributed by atoms with Gasteiger partial charge in [-0.1, -0.05) is 11.6 Å². The summed E-state index contributed by atoms with van der Waals surface area (Å²) in [4.78, 5) is 17.3. The van der Waals surface area contributed by atoms with Gasteiger partial charge in [0.1, 0.15) is 0 Å². The van der Waals surface area contributed by atoms with E-state index in [0.717, 1.165) is 25.1 Å². The molecule has 114 valence electrons. The third kappa shape index (κ3) is 2.63. The van der Waals surface area contributed by atoms with E-state index in [2.05, 4.69) is 17.4 Å². The predicted molar refractivity (Wildman–Crippen MR) is 84.1 cm³/mol. The Morgan fingerprint density at radius 2 is 2.05 bits per heavy atom. The molecule has 3 N–H and O–H groups in total. The summed E-state index contributed by atoms with van der Waals surface area (Å²) in [5.74, 6) is 5.64. The number of hydrazine groups is 1. The van der Waals surface area contributed by atoms with Crippen molar-refractivity contribution in [1.29, 1.82) is 0 Å². The van der Waals surface area contributed by atoms with Crippen LogP contribution in [0.2, 0.25) is 0 Å². The molecule has 1 aromatic rings. The van der Waals surface area contributed by atoms with E-state index in [1.165, 1.54) is 12.8 Å². The standard InChI is InChI=1S/C16H24N4O/c1-11-3-6-15(18-17)14(9-11)16(21)20-8-7-12-4-5-13(10-20)19(12)2/h3,6,9,12-13,18H,4-5,7-8,10,17H2,1-2H3. The highest BCUT2D eigenvalue weighted by Crippen LogP contribution is 2.29. The first kappa shape index (κ1) is 14.4. The van der Waals surface area contributed by atoms with E-state index >= 15 is 0 Å². The van der Waals surface area contributed by atoms with Crippen molar-refractivity contribution in [2.75, 3.05) is 25.6 Å². The molecule has 1 aromatic carbocycles. The van der Waals surface area contributed by atoms with E-state index in [9.17, 15) is 4.79 Å². The quantitative estimate of drug-likeness (QED) is 0.641. The fourth-order valence-electron chi connectivity index (χ4n) is 3.62. The summed E-state index contributed by atoms with van der Waals surface area (Å²) in [5.41, 5.74) is 5.10. The van der Waals surface area contributed by atoms with Crippen molar-refractivity contribution in [3.8, 4) is 0 Å². The molecule has 5 nitrogen and oxygen atoms in total. The Morgan fingerprint density at radius 1 is 1.29 bits per heavy atom. The van der Waals surface area contributed by atoms with E-state index in [4.69, 9.17) is 5.84 Å². The van der Waals surface area contributed by atoms with Gasteiger partial charge in [-0.2, -0.15) is 0 Å². The Labute approximate surface area is 126 Å². The van der Waals surface area contributed by atoms with Gasteiger partial charge in [-0.05, 0) is 45.4 Å². The van der Waals surface area contributed by atoms with E-state index in [1.807, 2.05) is 30.0 Å². The number of hydrogen-bond donors (Lipinski definition) is 2. The van der Waals surface area contributed by atoms with Crippen LogP contribution >= 0.6 is 0 Å². The number of nitrogens with one attached hydrogen (secondary N) is 1. The fraction of sp³-hybridized carbons (Fsp3) is 0.562. The maximum Gasteiger partial charge on any atom is 0.256 e. The number of nitrogen functional groups attached to an aromatic ring is 1. The monoisotopic (exact) mass is 288 g/mol. The molecular weight excluding hydrogens is 264 g/mol. The van der Waals surface area contributed by atoms with Gasteiger partial charge in [-0.15, -0.1) is 0 Å². The summed E-state index contributed by atoms with van der Waals surface area (Å²) in [6.07, 6.45) is 3.53. The smallest absolute Gasteiger partial charge is 0.256 e. The molecular formula is C16H24N4O. The lowest BCUT2D eigenvalue weighted by molar-refractivity contribution is 0.0741. The first-order valence-corrected chi connectivity index (χ1v) is 7.68. The topological polar surface area (TPSA) is 61.6 Å². The van der Waals surface area contributed by atoms with Crippen LogP contribution in [-0.2, 0) is 0 Å². The van der Waals surface area contributed by atoms with Gasteiger partial charge in [0.15, 0.2) is 0 Å². The van der Waals surface area contributed by atoms with Gasteiger partial charge in [0.05, 0.1) is 11.3 Å². The Hall–Kier alpha value is -1.59. The molecule has 0 aromatic heterocycles. The lowest BCUT2D eigenvalue weighted by atomic mass is 10.1. The average molecular weight is 288 g/mol. The van der Waals surface area contributed by atoms with Crippen LogP contribution < -0.4 is 11.3 Å². The van der Waals surface area contributed by atoms with E-state index in [1.54, 1.807) is 0 Å². The number of likely N-dealkylation sites (tertiary alicyclic amines) is 1. The molecule has 1 amide bonds. The number of nitrogens with zero attached hydrogens (tertiary/aromatic N) is 2. The lowest BCUT2D eigenvalue weighted by Crippen LogP contribution is -2.40. The van der Waals surface area contributed by atoms with Gasteiger partial charge in [0.25, 0.3) is 5.91 Å². The summed E-state index contributed by atoms with van der Waals surface area (Å²) in [5, 5.41) is 0. The van der Waals surface area contributed by atoms with Crippen LogP contribution in [0.25, 0.3) is 0 Å². The van der Waals surface area contributed by atoms with Crippen molar-refractivity contribution in [1.82, 2.24) is 9.80 Å². The number of likely N-dealkylation sites (N-methyl/N-ethyl adjacent to an activating group) is 1. The van der Waals surface area contributed by atoms with Crippen LogP contribution in [0.15, 0.2) is 18.2 Å². The highest BCUT2D eigenvalue weighted by Gasteiger charge is 2.36. The van der Waals surface area contributed by atoms with Crippen molar-refractivity contribution in [2.24, 2.45) is 5.84 Å². The molecule has 2 atom stereocenters. The molecule has 2 saturated heterocycles. The average Bonchev–Trinajstić information content (AvgIpc) is 2.71. The van der Waals surface area contributed by atoms with Gasteiger partial charge in [-0.3, -0.25) is 15.5 Å². The molecule has 2 fully saturated rings. The Balaban J connectivity index is 1.84.